The Hall–Kier alpha value is -3.40. The fourth-order valence-electron chi connectivity index (χ4n) is 2.25. The van der Waals surface area contributed by atoms with Gasteiger partial charge >= 0.3 is 11.9 Å². The van der Waals surface area contributed by atoms with E-state index in [1.807, 2.05) is 0 Å². The predicted molar refractivity (Wildman–Crippen MR) is 96.3 cm³/mol. The van der Waals surface area contributed by atoms with Gasteiger partial charge in [0, 0.05) is 12.6 Å². The monoisotopic (exact) mass is 392 g/mol. The molecular formula is C17H16N2O7S. The number of nitrogens with zero attached hydrogens (tertiary/aromatic N) is 1. The molecular weight excluding hydrogens is 376 g/mol. The molecule has 0 spiro atoms. The minimum absolute atomic E-state index is 0.00772. The number of anilines is 2. The Morgan fingerprint density at radius 1 is 0.963 bits per heavy atom. The first-order chi connectivity index (χ1) is 12.6. The molecule has 2 rings (SSSR count). The molecule has 0 fully saturated rings. The Morgan fingerprint density at radius 2 is 1.52 bits per heavy atom. The third-order valence-electron chi connectivity index (χ3n) is 3.44. The van der Waals surface area contributed by atoms with E-state index >= 15 is 0 Å². The molecule has 9 nitrogen and oxygen atoms in total. The Morgan fingerprint density at radius 3 is 1.96 bits per heavy atom. The van der Waals surface area contributed by atoms with E-state index in [2.05, 4.69) is 5.32 Å². The highest BCUT2D eigenvalue weighted by atomic mass is 32.2. The van der Waals surface area contributed by atoms with Gasteiger partial charge in [-0.15, -0.1) is 0 Å². The number of carbonyl (C=O) groups is 3. The highest BCUT2D eigenvalue weighted by molar-refractivity contribution is 7.92. The number of amides is 1. The van der Waals surface area contributed by atoms with E-state index in [0.717, 1.165) is 0 Å². The van der Waals surface area contributed by atoms with Crippen LogP contribution in [-0.2, 0) is 19.6 Å². The van der Waals surface area contributed by atoms with Crippen LogP contribution in [0.3, 0.4) is 0 Å². The first kappa shape index (κ1) is 19.9. The smallest absolute Gasteiger partial charge is 0.335 e. The Balaban J connectivity index is 2.43. The van der Waals surface area contributed by atoms with E-state index in [9.17, 15) is 22.8 Å². The molecule has 0 saturated heterocycles. The average molecular weight is 392 g/mol. The zero-order chi connectivity index (χ0) is 20.2. The lowest BCUT2D eigenvalue weighted by atomic mass is 10.2. The van der Waals surface area contributed by atoms with Crippen LogP contribution in [0.2, 0.25) is 0 Å². The van der Waals surface area contributed by atoms with Crippen molar-refractivity contribution in [2.75, 3.05) is 16.2 Å². The largest absolute Gasteiger partial charge is 0.480 e. The van der Waals surface area contributed by atoms with Gasteiger partial charge in [-0.05, 0) is 48.5 Å². The number of rotatable bonds is 7. The normalized spacial score (nSPS) is 10.9. The maximum absolute atomic E-state index is 12.9. The molecule has 142 valence electrons. The average Bonchev–Trinajstić information content (AvgIpc) is 2.59. The van der Waals surface area contributed by atoms with Gasteiger partial charge in [0.15, 0.2) is 0 Å². The van der Waals surface area contributed by atoms with Crippen molar-refractivity contribution in [1.82, 2.24) is 0 Å². The van der Waals surface area contributed by atoms with Crippen LogP contribution in [0.25, 0.3) is 0 Å². The number of hydrogen-bond acceptors (Lipinski definition) is 5. The second-order valence-electron chi connectivity index (χ2n) is 5.46. The zero-order valence-corrected chi connectivity index (χ0v) is 14.9. The molecule has 2 aromatic rings. The molecule has 0 heterocycles. The first-order valence-electron chi connectivity index (χ1n) is 7.57. The highest BCUT2D eigenvalue weighted by Crippen LogP contribution is 2.25. The molecule has 0 aliphatic rings. The third-order valence-corrected chi connectivity index (χ3v) is 5.23. The van der Waals surface area contributed by atoms with Crippen molar-refractivity contribution < 1.29 is 33.0 Å². The van der Waals surface area contributed by atoms with Gasteiger partial charge in [0.1, 0.15) is 6.54 Å². The molecule has 3 N–H and O–H groups in total. The third kappa shape index (κ3) is 4.82. The molecule has 0 aliphatic carbocycles. The van der Waals surface area contributed by atoms with E-state index in [0.29, 0.717) is 9.99 Å². The van der Waals surface area contributed by atoms with Crippen molar-refractivity contribution in [3.63, 3.8) is 0 Å². The van der Waals surface area contributed by atoms with Crippen LogP contribution < -0.4 is 9.62 Å². The maximum Gasteiger partial charge on any atom is 0.335 e. The standard InChI is InChI=1S/C17H16N2O7S/c1-11(20)18-13-4-8-15(9-5-13)27(25,26)19(10-16(21)22)14-6-2-12(3-7-14)17(23)24/h2-9H,10H2,1H3,(H,18,20)(H,21,22)(H,23,24). The predicted octanol–water partition coefficient (Wildman–Crippen LogP) is 1.62. The molecule has 0 bridgehead atoms. The summed E-state index contributed by atoms with van der Waals surface area (Å²) in [6, 6.07) is 10.0. The van der Waals surface area contributed by atoms with Crippen LogP contribution in [0.4, 0.5) is 11.4 Å². The van der Waals surface area contributed by atoms with Crippen LogP contribution in [0.5, 0.6) is 0 Å². The first-order valence-corrected chi connectivity index (χ1v) is 9.01. The van der Waals surface area contributed by atoms with Gasteiger partial charge in [-0.1, -0.05) is 0 Å². The lowest BCUT2D eigenvalue weighted by Crippen LogP contribution is -2.35. The fourth-order valence-corrected chi connectivity index (χ4v) is 3.66. The number of carbonyl (C=O) groups excluding carboxylic acids is 1. The Bertz CT molecular complexity index is 967. The second kappa shape index (κ2) is 7.87. The minimum atomic E-state index is -4.24. The van der Waals surface area contributed by atoms with Gasteiger partial charge in [-0.3, -0.25) is 13.9 Å². The summed E-state index contributed by atoms with van der Waals surface area (Å²) in [6.45, 7) is 0.461. The van der Waals surface area contributed by atoms with Crippen molar-refractivity contribution in [2.24, 2.45) is 0 Å². The SMILES string of the molecule is CC(=O)Nc1ccc(S(=O)(=O)N(CC(=O)O)c2ccc(C(=O)O)cc2)cc1. The number of aliphatic carboxylic acids is 1. The number of sulfonamides is 1. The number of aromatic carboxylic acids is 1. The molecule has 0 atom stereocenters. The summed E-state index contributed by atoms with van der Waals surface area (Å²) in [6.07, 6.45) is 0. The Labute approximate surface area is 154 Å². The topological polar surface area (TPSA) is 141 Å². The molecule has 0 aromatic heterocycles. The van der Waals surface area contributed by atoms with E-state index in [1.165, 1.54) is 55.5 Å². The number of nitrogens with one attached hydrogen (secondary N) is 1. The van der Waals surface area contributed by atoms with Crippen molar-refractivity contribution in [1.29, 1.82) is 0 Å². The van der Waals surface area contributed by atoms with Gasteiger partial charge < -0.3 is 15.5 Å². The summed E-state index contributed by atoms with van der Waals surface area (Å²) >= 11 is 0. The molecule has 0 unspecified atom stereocenters. The Kier molecular flexibility index (Phi) is 5.81. The molecule has 0 aliphatic heterocycles. The number of benzene rings is 2. The summed E-state index contributed by atoms with van der Waals surface area (Å²) < 4.78 is 26.4. The van der Waals surface area contributed by atoms with Crippen molar-refractivity contribution >= 4 is 39.2 Å². The van der Waals surface area contributed by atoms with Crippen LogP contribution in [0, 0.1) is 0 Å². The van der Waals surface area contributed by atoms with Crippen molar-refractivity contribution in [3.05, 3.63) is 54.1 Å². The summed E-state index contributed by atoms with van der Waals surface area (Å²) in [5, 5.41) is 20.5. The molecule has 0 radical (unpaired) electrons. The van der Waals surface area contributed by atoms with Crippen LogP contribution in [0.15, 0.2) is 53.4 Å². The molecule has 2 aromatic carbocycles. The van der Waals surface area contributed by atoms with E-state index in [1.54, 1.807) is 0 Å². The van der Waals surface area contributed by atoms with Gasteiger partial charge in [-0.25, -0.2) is 13.2 Å². The lowest BCUT2D eigenvalue weighted by molar-refractivity contribution is -0.135. The van der Waals surface area contributed by atoms with Gasteiger partial charge in [-0.2, -0.15) is 0 Å². The van der Waals surface area contributed by atoms with Crippen molar-refractivity contribution in [2.45, 2.75) is 11.8 Å². The van der Waals surface area contributed by atoms with Gasteiger partial charge in [0.2, 0.25) is 5.91 Å². The second-order valence-corrected chi connectivity index (χ2v) is 7.33. The maximum atomic E-state index is 12.9. The van der Waals surface area contributed by atoms with E-state index < -0.39 is 28.5 Å². The van der Waals surface area contributed by atoms with Crippen LogP contribution in [-0.4, -0.2) is 43.0 Å². The summed E-state index contributed by atoms with van der Waals surface area (Å²) in [5.74, 6) is -2.89. The van der Waals surface area contributed by atoms with E-state index in [-0.39, 0.29) is 22.1 Å². The fraction of sp³-hybridized carbons (Fsp3) is 0.118. The van der Waals surface area contributed by atoms with Crippen LogP contribution >= 0.6 is 0 Å². The number of hydrogen-bond donors (Lipinski definition) is 3. The molecule has 27 heavy (non-hydrogen) atoms. The summed E-state index contributed by atoms with van der Waals surface area (Å²) in [5.41, 5.74) is 0.330. The van der Waals surface area contributed by atoms with E-state index in [4.69, 9.17) is 10.2 Å². The quantitative estimate of drug-likeness (QED) is 0.650. The zero-order valence-electron chi connectivity index (χ0n) is 14.1. The highest BCUT2D eigenvalue weighted by Gasteiger charge is 2.27. The van der Waals surface area contributed by atoms with Gasteiger partial charge in [0.25, 0.3) is 10.0 Å². The molecule has 10 heteroatoms. The van der Waals surface area contributed by atoms with Gasteiger partial charge in [0.05, 0.1) is 16.1 Å². The minimum Gasteiger partial charge on any atom is -0.480 e. The number of carboxylic acids is 2. The van der Waals surface area contributed by atoms with Crippen molar-refractivity contribution in [3.8, 4) is 0 Å². The molecule has 0 saturated carbocycles. The summed E-state index contributed by atoms with van der Waals surface area (Å²) in [7, 11) is -4.24. The number of carboxylic acid groups (broad SMARTS) is 2. The summed E-state index contributed by atoms with van der Waals surface area (Å²) in [4.78, 5) is 33.0. The lowest BCUT2D eigenvalue weighted by Gasteiger charge is -2.23. The molecule has 1 amide bonds. The van der Waals surface area contributed by atoms with Crippen LogP contribution in [0.1, 0.15) is 17.3 Å².